The number of fused-ring (bicyclic) bond motifs is 7. The van der Waals surface area contributed by atoms with Crippen molar-refractivity contribution in [3.63, 3.8) is 0 Å². The Labute approximate surface area is 340 Å². The molecule has 0 fully saturated rings. The molecule has 2 nitrogen and oxygen atoms in total. The Hall–Kier alpha value is -6.90. The molecule has 0 amide bonds. The van der Waals surface area contributed by atoms with E-state index in [4.69, 9.17) is 9.97 Å². The molecule has 8 aromatic carbocycles. The summed E-state index contributed by atoms with van der Waals surface area (Å²) in [7, 11) is 0. The van der Waals surface area contributed by atoms with Gasteiger partial charge in [0, 0.05) is 27.5 Å². The first-order chi connectivity index (χ1) is 28.3. The summed E-state index contributed by atoms with van der Waals surface area (Å²) in [5.74, 6) is 0.723. The van der Waals surface area contributed by atoms with Crippen LogP contribution in [0, 0.1) is 0 Å². The van der Waals surface area contributed by atoms with Gasteiger partial charge in [-0.2, -0.15) is 0 Å². The molecule has 1 aromatic heterocycles. The van der Waals surface area contributed by atoms with Crippen LogP contribution in [0.1, 0.15) is 49.9 Å². The van der Waals surface area contributed by atoms with E-state index in [9.17, 15) is 0 Å². The van der Waals surface area contributed by atoms with Gasteiger partial charge < -0.3 is 0 Å². The fraction of sp³-hybridized carbons (Fsp3) is 0.107. The van der Waals surface area contributed by atoms with E-state index in [0.717, 1.165) is 33.9 Å². The number of rotatable bonds is 5. The van der Waals surface area contributed by atoms with Gasteiger partial charge in [-0.15, -0.1) is 0 Å². The number of nitrogens with zero attached hydrogens (tertiary/aromatic N) is 2. The van der Waals surface area contributed by atoms with E-state index in [0.29, 0.717) is 0 Å². The zero-order chi connectivity index (χ0) is 39.2. The second-order valence-electron chi connectivity index (χ2n) is 17.0. The Bertz CT molecular complexity index is 3080. The summed E-state index contributed by atoms with van der Waals surface area (Å²) in [5.41, 5.74) is 20.4. The molecular formula is C56H42N2. The quantitative estimate of drug-likeness (QED) is 0.175. The van der Waals surface area contributed by atoms with Crippen LogP contribution in [0.5, 0.6) is 0 Å². The van der Waals surface area contributed by atoms with Crippen LogP contribution in [0.2, 0.25) is 0 Å². The highest BCUT2D eigenvalue weighted by Gasteiger charge is 2.38. The molecule has 0 bridgehead atoms. The van der Waals surface area contributed by atoms with Crippen LogP contribution in [-0.4, -0.2) is 9.97 Å². The lowest BCUT2D eigenvalue weighted by atomic mass is 9.81. The molecule has 58 heavy (non-hydrogen) atoms. The molecule has 0 atom stereocenters. The molecule has 2 heteroatoms. The lowest BCUT2D eigenvalue weighted by Crippen LogP contribution is -2.15. The molecule has 0 radical (unpaired) electrons. The normalized spacial score (nSPS) is 14.1. The van der Waals surface area contributed by atoms with Gasteiger partial charge in [0.1, 0.15) is 0 Å². The van der Waals surface area contributed by atoms with E-state index in [2.05, 4.69) is 204 Å². The smallest absolute Gasteiger partial charge is 0.160 e. The minimum Gasteiger partial charge on any atom is -0.228 e. The van der Waals surface area contributed by atoms with Crippen molar-refractivity contribution in [3.05, 3.63) is 204 Å². The van der Waals surface area contributed by atoms with Crippen LogP contribution >= 0.6 is 0 Å². The van der Waals surface area contributed by atoms with Crippen LogP contribution in [0.3, 0.4) is 0 Å². The molecule has 0 unspecified atom stereocenters. The Kier molecular flexibility index (Phi) is 7.59. The molecule has 0 spiro atoms. The van der Waals surface area contributed by atoms with Crippen molar-refractivity contribution in [2.24, 2.45) is 0 Å². The Morgan fingerprint density at radius 3 is 1.53 bits per heavy atom. The topological polar surface area (TPSA) is 25.8 Å². The number of benzene rings is 8. The van der Waals surface area contributed by atoms with E-state index in [1.165, 1.54) is 77.5 Å². The molecule has 0 saturated carbocycles. The fourth-order valence-corrected chi connectivity index (χ4v) is 9.79. The van der Waals surface area contributed by atoms with Crippen molar-refractivity contribution in [1.29, 1.82) is 0 Å². The minimum absolute atomic E-state index is 0.114. The highest BCUT2D eigenvalue weighted by molar-refractivity contribution is 5.99. The van der Waals surface area contributed by atoms with Crippen LogP contribution in [-0.2, 0) is 10.8 Å². The van der Waals surface area contributed by atoms with Gasteiger partial charge in [-0.1, -0.05) is 185 Å². The third kappa shape index (κ3) is 5.25. The highest BCUT2D eigenvalue weighted by atomic mass is 14.9. The Morgan fingerprint density at radius 2 is 0.845 bits per heavy atom. The average molecular weight is 743 g/mol. The zero-order valence-corrected chi connectivity index (χ0v) is 33.2. The third-order valence-electron chi connectivity index (χ3n) is 12.9. The summed E-state index contributed by atoms with van der Waals surface area (Å²) in [4.78, 5) is 10.5. The summed E-state index contributed by atoms with van der Waals surface area (Å²) in [6.07, 6.45) is 0. The Morgan fingerprint density at radius 1 is 0.310 bits per heavy atom. The lowest BCUT2D eigenvalue weighted by molar-refractivity contribution is 0.660. The molecule has 9 aromatic rings. The summed E-state index contributed by atoms with van der Waals surface area (Å²) >= 11 is 0. The van der Waals surface area contributed by atoms with Crippen molar-refractivity contribution >= 4 is 10.8 Å². The van der Waals surface area contributed by atoms with E-state index in [1.807, 2.05) is 6.07 Å². The fourth-order valence-electron chi connectivity index (χ4n) is 9.79. The largest absolute Gasteiger partial charge is 0.228 e. The van der Waals surface area contributed by atoms with E-state index < -0.39 is 0 Å². The van der Waals surface area contributed by atoms with Gasteiger partial charge >= 0.3 is 0 Å². The first-order valence-electron chi connectivity index (χ1n) is 20.3. The summed E-state index contributed by atoms with van der Waals surface area (Å²) in [6, 6.07) is 66.2. The third-order valence-corrected chi connectivity index (χ3v) is 12.9. The first kappa shape index (κ1) is 34.4. The monoisotopic (exact) mass is 742 g/mol. The van der Waals surface area contributed by atoms with Gasteiger partial charge in [0.15, 0.2) is 5.82 Å². The van der Waals surface area contributed by atoms with Crippen molar-refractivity contribution in [2.45, 2.75) is 38.5 Å². The molecule has 0 saturated heterocycles. The molecule has 276 valence electrons. The molecule has 11 rings (SSSR count). The van der Waals surface area contributed by atoms with Crippen LogP contribution in [0.4, 0.5) is 0 Å². The number of aromatic nitrogens is 2. The molecular weight excluding hydrogens is 701 g/mol. The minimum atomic E-state index is -0.140. The summed E-state index contributed by atoms with van der Waals surface area (Å²) in [5, 5.41) is 2.52. The van der Waals surface area contributed by atoms with Gasteiger partial charge in [0.2, 0.25) is 0 Å². The van der Waals surface area contributed by atoms with Crippen molar-refractivity contribution in [3.8, 4) is 78.4 Å². The second kappa shape index (κ2) is 12.8. The van der Waals surface area contributed by atoms with Gasteiger partial charge in [0.05, 0.1) is 11.4 Å². The van der Waals surface area contributed by atoms with Crippen molar-refractivity contribution < 1.29 is 0 Å². The van der Waals surface area contributed by atoms with E-state index in [1.54, 1.807) is 0 Å². The zero-order valence-electron chi connectivity index (χ0n) is 33.2. The molecule has 0 aliphatic heterocycles. The van der Waals surface area contributed by atoms with Gasteiger partial charge in [-0.05, 0) is 102 Å². The highest BCUT2D eigenvalue weighted by Crippen LogP contribution is 2.54. The van der Waals surface area contributed by atoms with Gasteiger partial charge in [-0.25, -0.2) is 9.97 Å². The summed E-state index contributed by atoms with van der Waals surface area (Å²) in [6.45, 7) is 9.42. The van der Waals surface area contributed by atoms with Gasteiger partial charge in [-0.3, -0.25) is 0 Å². The molecule has 0 N–H and O–H groups in total. The average Bonchev–Trinajstić information content (AvgIpc) is 3.64. The number of hydrogen-bond donors (Lipinski definition) is 0. The van der Waals surface area contributed by atoms with E-state index in [-0.39, 0.29) is 10.8 Å². The predicted octanol–water partition coefficient (Wildman–Crippen LogP) is 14.6. The maximum Gasteiger partial charge on any atom is 0.160 e. The van der Waals surface area contributed by atoms with Crippen LogP contribution in [0.25, 0.3) is 89.2 Å². The SMILES string of the molecule is CC1(C)c2cc(-c3ccc(-c4cc(-c5cccc6c5-c5cc7ccccc7cc5C6(C)C)nc(-c5ccccc5)n4)cc3)ccc2-c2c(-c3ccccc3)cccc21. The molecule has 2 aliphatic carbocycles. The Balaban J connectivity index is 1.01. The van der Waals surface area contributed by atoms with Crippen molar-refractivity contribution in [1.82, 2.24) is 9.97 Å². The van der Waals surface area contributed by atoms with Crippen molar-refractivity contribution in [2.75, 3.05) is 0 Å². The number of hydrogen-bond acceptors (Lipinski definition) is 2. The maximum absolute atomic E-state index is 5.30. The summed E-state index contributed by atoms with van der Waals surface area (Å²) < 4.78 is 0. The maximum atomic E-state index is 5.30. The van der Waals surface area contributed by atoms with Gasteiger partial charge in [0.25, 0.3) is 0 Å². The van der Waals surface area contributed by atoms with Crippen LogP contribution < -0.4 is 0 Å². The lowest BCUT2D eigenvalue weighted by Gasteiger charge is -2.22. The first-order valence-corrected chi connectivity index (χ1v) is 20.3. The van der Waals surface area contributed by atoms with E-state index >= 15 is 0 Å². The predicted molar refractivity (Wildman–Crippen MR) is 242 cm³/mol. The molecule has 1 heterocycles. The second-order valence-corrected chi connectivity index (χ2v) is 17.0. The van der Waals surface area contributed by atoms with Crippen LogP contribution in [0.15, 0.2) is 182 Å². The standard InChI is InChI=1S/C56H42N2/c1-55(2)46-23-13-21-42(36-15-7-5-8-16-36)52(46)43-30-29-41(33-48(43)55)35-25-27-37(28-26-35)50-34-51(58-54(57-50)38-17-9-6-10-18-38)44-22-14-24-47-53(44)45-31-39-19-11-12-20-40(39)32-49(45)56(47,3)4/h5-34H,1-4H3. The molecule has 2 aliphatic rings.